The molecule has 0 bridgehead atoms. The second kappa shape index (κ2) is 4.42. The molecule has 3 N–H and O–H groups in total. The van der Waals surface area contributed by atoms with Crippen LogP contribution >= 0.6 is 0 Å². The van der Waals surface area contributed by atoms with E-state index in [0.717, 1.165) is 24.4 Å². The number of nitrogens with one attached hydrogen (secondary N) is 1. The van der Waals surface area contributed by atoms with Crippen molar-refractivity contribution in [1.29, 1.82) is 0 Å². The summed E-state index contributed by atoms with van der Waals surface area (Å²) in [6.45, 7) is 6.33. The van der Waals surface area contributed by atoms with E-state index in [0.29, 0.717) is 5.92 Å². The Hall–Kier alpha value is -0.830. The molecule has 0 saturated carbocycles. The number of imidazole rings is 1. The zero-order valence-electron chi connectivity index (χ0n) is 8.67. The van der Waals surface area contributed by atoms with E-state index in [1.807, 2.05) is 13.1 Å². The molecule has 1 atom stereocenters. The number of hydrogen-bond donors (Lipinski definition) is 2. The topological polar surface area (TPSA) is 54.7 Å². The number of rotatable bonds is 4. The Balaban J connectivity index is 2.78. The van der Waals surface area contributed by atoms with E-state index in [-0.39, 0.29) is 6.04 Å². The molecule has 1 aromatic heterocycles. The van der Waals surface area contributed by atoms with Gasteiger partial charge >= 0.3 is 0 Å². The van der Waals surface area contributed by atoms with Crippen LogP contribution in [0.1, 0.15) is 57.1 Å². The summed E-state index contributed by atoms with van der Waals surface area (Å²) in [4.78, 5) is 7.62. The third-order valence-corrected chi connectivity index (χ3v) is 2.48. The van der Waals surface area contributed by atoms with E-state index in [4.69, 9.17) is 5.73 Å². The Bertz CT molecular complexity index is 248. The average Bonchev–Trinajstić information content (AvgIpc) is 2.56. The molecule has 3 nitrogen and oxygen atoms in total. The summed E-state index contributed by atoms with van der Waals surface area (Å²) >= 11 is 0. The van der Waals surface area contributed by atoms with Crippen molar-refractivity contribution in [1.82, 2.24) is 9.97 Å². The van der Waals surface area contributed by atoms with E-state index in [9.17, 15) is 0 Å². The molecule has 0 aliphatic heterocycles. The smallest absolute Gasteiger partial charge is 0.109 e. The summed E-state index contributed by atoms with van der Waals surface area (Å²) in [6, 6.07) is 0.0515. The second-order valence-electron chi connectivity index (χ2n) is 3.53. The molecule has 0 fully saturated rings. The predicted molar refractivity (Wildman–Crippen MR) is 54.5 cm³/mol. The molecule has 0 amide bonds. The number of nitrogens with zero attached hydrogens (tertiary/aromatic N) is 1. The molecular formula is C10H19N3. The van der Waals surface area contributed by atoms with Crippen LogP contribution in [0, 0.1) is 0 Å². The van der Waals surface area contributed by atoms with Gasteiger partial charge < -0.3 is 10.7 Å². The summed E-state index contributed by atoms with van der Waals surface area (Å²) in [5.41, 5.74) is 6.77. The van der Waals surface area contributed by atoms with Gasteiger partial charge in [0.05, 0.1) is 5.69 Å². The minimum Gasteiger partial charge on any atom is -0.344 e. The summed E-state index contributed by atoms with van der Waals surface area (Å²) in [5.74, 6) is 1.63. The molecule has 1 heterocycles. The van der Waals surface area contributed by atoms with E-state index in [2.05, 4.69) is 23.8 Å². The lowest BCUT2D eigenvalue weighted by atomic mass is 10.0. The van der Waals surface area contributed by atoms with Gasteiger partial charge in [0.25, 0.3) is 0 Å². The monoisotopic (exact) mass is 181 g/mol. The lowest BCUT2D eigenvalue weighted by molar-refractivity contribution is 0.605. The zero-order chi connectivity index (χ0) is 9.84. The van der Waals surface area contributed by atoms with Crippen molar-refractivity contribution >= 4 is 0 Å². The van der Waals surface area contributed by atoms with Crippen molar-refractivity contribution in [3.05, 3.63) is 17.7 Å². The maximum Gasteiger partial charge on any atom is 0.109 e. The first-order chi connectivity index (χ1) is 6.19. The molecule has 0 aliphatic carbocycles. The van der Waals surface area contributed by atoms with Crippen LogP contribution < -0.4 is 5.73 Å². The van der Waals surface area contributed by atoms with Gasteiger partial charge in [0.15, 0.2) is 0 Å². The summed E-state index contributed by atoms with van der Waals surface area (Å²) < 4.78 is 0. The van der Waals surface area contributed by atoms with Crippen LogP contribution in [-0.4, -0.2) is 9.97 Å². The number of nitrogens with two attached hydrogens (primary N) is 1. The first-order valence-electron chi connectivity index (χ1n) is 4.99. The highest BCUT2D eigenvalue weighted by Gasteiger charge is 2.11. The highest BCUT2D eigenvalue weighted by Crippen LogP contribution is 2.20. The molecule has 0 saturated heterocycles. The summed E-state index contributed by atoms with van der Waals surface area (Å²) in [7, 11) is 0. The van der Waals surface area contributed by atoms with Crippen molar-refractivity contribution in [2.45, 2.75) is 45.6 Å². The highest BCUT2D eigenvalue weighted by atomic mass is 14.9. The van der Waals surface area contributed by atoms with Gasteiger partial charge in [-0.1, -0.05) is 13.8 Å². The normalized spacial score (nSPS) is 13.6. The molecule has 0 spiro atoms. The standard InChI is InChI=1S/C10H19N3/c1-4-8(5-2)10-12-6-9(13-10)7(3)11/h6-8H,4-5,11H2,1-3H3,(H,12,13). The number of hydrogen-bond acceptors (Lipinski definition) is 2. The third-order valence-electron chi connectivity index (χ3n) is 2.48. The molecule has 1 rings (SSSR count). The second-order valence-corrected chi connectivity index (χ2v) is 3.53. The van der Waals surface area contributed by atoms with Crippen molar-refractivity contribution in [3.63, 3.8) is 0 Å². The van der Waals surface area contributed by atoms with E-state index < -0.39 is 0 Å². The van der Waals surface area contributed by atoms with Gasteiger partial charge in [0.2, 0.25) is 0 Å². The molecule has 1 aromatic rings. The average molecular weight is 181 g/mol. The molecule has 0 aromatic carbocycles. The summed E-state index contributed by atoms with van der Waals surface area (Å²) in [5, 5.41) is 0. The lowest BCUT2D eigenvalue weighted by Crippen LogP contribution is -2.06. The van der Waals surface area contributed by atoms with Gasteiger partial charge in [-0.25, -0.2) is 4.98 Å². The zero-order valence-corrected chi connectivity index (χ0v) is 8.67. The fourth-order valence-corrected chi connectivity index (χ4v) is 1.47. The fourth-order valence-electron chi connectivity index (χ4n) is 1.47. The number of H-pyrrole nitrogens is 1. The van der Waals surface area contributed by atoms with Crippen molar-refractivity contribution < 1.29 is 0 Å². The highest BCUT2D eigenvalue weighted by molar-refractivity contribution is 5.08. The largest absolute Gasteiger partial charge is 0.344 e. The van der Waals surface area contributed by atoms with Crippen molar-refractivity contribution in [2.24, 2.45) is 5.73 Å². The summed E-state index contributed by atoms with van der Waals surface area (Å²) in [6.07, 6.45) is 4.10. The minimum absolute atomic E-state index is 0.0515. The molecule has 74 valence electrons. The maximum atomic E-state index is 5.74. The van der Waals surface area contributed by atoms with Crippen LogP contribution in [0.2, 0.25) is 0 Å². The molecular weight excluding hydrogens is 162 g/mol. The Kier molecular flexibility index (Phi) is 3.48. The lowest BCUT2D eigenvalue weighted by Gasteiger charge is -2.08. The molecule has 0 radical (unpaired) electrons. The Morgan fingerprint density at radius 1 is 1.46 bits per heavy atom. The van der Waals surface area contributed by atoms with Crippen molar-refractivity contribution in [3.8, 4) is 0 Å². The van der Waals surface area contributed by atoms with Crippen molar-refractivity contribution in [2.75, 3.05) is 0 Å². The molecule has 3 heteroatoms. The van der Waals surface area contributed by atoms with Crippen LogP contribution in [0.3, 0.4) is 0 Å². The fraction of sp³-hybridized carbons (Fsp3) is 0.700. The minimum atomic E-state index is 0.0515. The first-order valence-corrected chi connectivity index (χ1v) is 4.99. The van der Waals surface area contributed by atoms with Crippen LogP contribution in [0.15, 0.2) is 6.20 Å². The first kappa shape index (κ1) is 10.3. The van der Waals surface area contributed by atoms with Crippen LogP contribution in [0.5, 0.6) is 0 Å². The van der Waals surface area contributed by atoms with Gasteiger partial charge in [-0.15, -0.1) is 0 Å². The van der Waals surface area contributed by atoms with Gasteiger partial charge in [-0.3, -0.25) is 0 Å². The number of aromatic amines is 1. The maximum absolute atomic E-state index is 5.74. The van der Waals surface area contributed by atoms with E-state index in [1.165, 1.54) is 0 Å². The molecule has 0 aliphatic rings. The van der Waals surface area contributed by atoms with Gasteiger partial charge in [0.1, 0.15) is 5.82 Å². The van der Waals surface area contributed by atoms with Crippen LogP contribution in [-0.2, 0) is 0 Å². The van der Waals surface area contributed by atoms with E-state index in [1.54, 1.807) is 0 Å². The van der Waals surface area contributed by atoms with Gasteiger partial charge in [0, 0.05) is 18.2 Å². The number of aromatic nitrogens is 2. The van der Waals surface area contributed by atoms with Crippen LogP contribution in [0.25, 0.3) is 0 Å². The van der Waals surface area contributed by atoms with Crippen LogP contribution in [0.4, 0.5) is 0 Å². The Labute approximate surface area is 79.8 Å². The Morgan fingerprint density at radius 3 is 2.46 bits per heavy atom. The molecule has 1 unspecified atom stereocenters. The SMILES string of the molecule is CCC(CC)c1ncc(C(C)N)[nH]1. The molecule has 13 heavy (non-hydrogen) atoms. The van der Waals surface area contributed by atoms with Gasteiger partial charge in [-0.05, 0) is 19.8 Å². The van der Waals surface area contributed by atoms with E-state index >= 15 is 0 Å². The third kappa shape index (κ3) is 2.31. The predicted octanol–water partition coefficient (Wildman–Crippen LogP) is 2.33. The Morgan fingerprint density at radius 2 is 2.08 bits per heavy atom. The quantitative estimate of drug-likeness (QED) is 0.749. The van der Waals surface area contributed by atoms with Gasteiger partial charge in [-0.2, -0.15) is 0 Å².